The monoisotopic (exact) mass is 227 g/mol. The quantitative estimate of drug-likeness (QED) is 0.723. The smallest absolute Gasteiger partial charge is 0.0945 e. The summed E-state index contributed by atoms with van der Waals surface area (Å²) in [5, 5.41) is 17.1. The SMILES string of the molecule is CCOCC(O)CNc1cn(C)nc1CC. The number of hydrogen-bond donors (Lipinski definition) is 2. The number of aliphatic hydroxyl groups excluding tert-OH is 1. The Morgan fingerprint density at radius 3 is 2.94 bits per heavy atom. The van der Waals surface area contributed by atoms with Crippen LogP contribution in [-0.4, -0.2) is 40.7 Å². The summed E-state index contributed by atoms with van der Waals surface area (Å²) in [4.78, 5) is 0. The van der Waals surface area contributed by atoms with Crippen molar-refractivity contribution in [2.24, 2.45) is 7.05 Å². The zero-order valence-electron chi connectivity index (χ0n) is 10.2. The van der Waals surface area contributed by atoms with Gasteiger partial charge in [-0.25, -0.2) is 0 Å². The molecule has 16 heavy (non-hydrogen) atoms. The van der Waals surface area contributed by atoms with Crippen LogP contribution in [0.1, 0.15) is 19.5 Å². The summed E-state index contributed by atoms with van der Waals surface area (Å²) in [6.45, 7) is 5.45. The summed E-state index contributed by atoms with van der Waals surface area (Å²) in [5.41, 5.74) is 2.01. The Labute approximate surface area is 96.4 Å². The molecule has 1 rings (SSSR count). The first kappa shape index (κ1) is 13.0. The van der Waals surface area contributed by atoms with Crippen molar-refractivity contribution in [1.29, 1.82) is 0 Å². The molecule has 5 heteroatoms. The minimum atomic E-state index is -0.482. The van der Waals surface area contributed by atoms with Gasteiger partial charge in [0.2, 0.25) is 0 Å². The van der Waals surface area contributed by atoms with E-state index in [1.165, 1.54) is 0 Å². The van der Waals surface area contributed by atoms with E-state index in [0.717, 1.165) is 17.8 Å². The molecule has 0 bridgehead atoms. The van der Waals surface area contributed by atoms with Gasteiger partial charge in [0.05, 0.1) is 24.1 Å². The Hall–Kier alpha value is -1.07. The van der Waals surface area contributed by atoms with Crippen LogP contribution in [0.3, 0.4) is 0 Å². The molecule has 0 fully saturated rings. The van der Waals surface area contributed by atoms with Crippen LogP contribution in [0.15, 0.2) is 6.20 Å². The first-order valence-electron chi connectivity index (χ1n) is 5.69. The molecule has 5 nitrogen and oxygen atoms in total. The van der Waals surface area contributed by atoms with Crippen molar-refractivity contribution in [2.45, 2.75) is 26.4 Å². The summed E-state index contributed by atoms with van der Waals surface area (Å²) in [7, 11) is 1.89. The summed E-state index contributed by atoms with van der Waals surface area (Å²) in [6, 6.07) is 0. The van der Waals surface area contributed by atoms with Crippen molar-refractivity contribution < 1.29 is 9.84 Å². The van der Waals surface area contributed by atoms with Crippen LogP contribution in [0.2, 0.25) is 0 Å². The van der Waals surface area contributed by atoms with Gasteiger partial charge >= 0.3 is 0 Å². The van der Waals surface area contributed by atoms with Crippen molar-refractivity contribution in [3.63, 3.8) is 0 Å². The maximum absolute atomic E-state index is 9.60. The highest BCUT2D eigenvalue weighted by Gasteiger charge is 2.08. The van der Waals surface area contributed by atoms with Crippen molar-refractivity contribution in [2.75, 3.05) is 25.1 Å². The summed E-state index contributed by atoms with van der Waals surface area (Å²) >= 11 is 0. The zero-order chi connectivity index (χ0) is 12.0. The Morgan fingerprint density at radius 2 is 2.31 bits per heavy atom. The molecule has 2 N–H and O–H groups in total. The summed E-state index contributed by atoms with van der Waals surface area (Å²) in [5.74, 6) is 0. The van der Waals surface area contributed by atoms with Crippen LogP contribution >= 0.6 is 0 Å². The molecule has 0 radical (unpaired) electrons. The Bertz CT molecular complexity index is 312. The number of nitrogens with zero attached hydrogens (tertiary/aromatic N) is 2. The number of hydrogen-bond acceptors (Lipinski definition) is 4. The molecule has 0 spiro atoms. The molecule has 92 valence electrons. The number of aliphatic hydroxyl groups is 1. The third-order valence-corrected chi connectivity index (χ3v) is 2.28. The summed E-state index contributed by atoms with van der Waals surface area (Å²) < 4.78 is 6.91. The maximum atomic E-state index is 9.60. The third-order valence-electron chi connectivity index (χ3n) is 2.28. The second-order valence-corrected chi connectivity index (χ2v) is 3.71. The lowest BCUT2D eigenvalue weighted by Gasteiger charge is -2.12. The predicted molar refractivity (Wildman–Crippen MR) is 63.6 cm³/mol. The molecule has 0 aliphatic carbocycles. The fraction of sp³-hybridized carbons (Fsp3) is 0.727. The van der Waals surface area contributed by atoms with Gasteiger partial charge in [0.25, 0.3) is 0 Å². The minimum absolute atomic E-state index is 0.366. The molecular weight excluding hydrogens is 206 g/mol. The molecule has 1 unspecified atom stereocenters. The van der Waals surface area contributed by atoms with Crippen molar-refractivity contribution in [3.05, 3.63) is 11.9 Å². The van der Waals surface area contributed by atoms with Gasteiger partial charge in [0, 0.05) is 26.4 Å². The van der Waals surface area contributed by atoms with Gasteiger partial charge < -0.3 is 15.2 Å². The summed E-state index contributed by atoms with van der Waals surface area (Å²) in [6.07, 6.45) is 2.32. The molecule has 1 aromatic rings. The van der Waals surface area contributed by atoms with Gasteiger partial charge in [-0.2, -0.15) is 5.10 Å². The predicted octanol–water partition coefficient (Wildman–Crippen LogP) is 0.792. The van der Waals surface area contributed by atoms with Crippen molar-refractivity contribution >= 4 is 5.69 Å². The minimum Gasteiger partial charge on any atom is -0.389 e. The lowest BCUT2D eigenvalue weighted by Crippen LogP contribution is -2.25. The van der Waals surface area contributed by atoms with Crippen LogP contribution in [0.5, 0.6) is 0 Å². The Balaban J connectivity index is 2.41. The van der Waals surface area contributed by atoms with Gasteiger partial charge in [-0.05, 0) is 13.3 Å². The molecular formula is C11H21N3O2. The van der Waals surface area contributed by atoms with Gasteiger partial charge in [-0.1, -0.05) is 6.92 Å². The van der Waals surface area contributed by atoms with Gasteiger partial charge in [0.1, 0.15) is 0 Å². The highest BCUT2D eigenvalue weighted by Crippen LogP contribution is 2.13. The van der Waals surface area contributed by atoms with Gasteiger partial charge in [-0.15, -0.1) is 0 Å². The average molecular weight is 227 g/mol. The van der Waals surface area contributed by atoms with Gasteiger partial charge in [-0.3, -0.25) is 4.68 Å². The molecule has 0 saturated carbocycles. The molecule has 0 saturated heterocycles. The maximum Gasteiger partial charge on any atom is 0.0945 e. The van der Waals surface area contributed by atoms with Gasteiger partial charge in [0.15, 0.2) is 0 Å². The average Bonchev–Trinajstić information content (AvgIpc) is 2.64. The molecule has 1 aromatic heterocycles. The number of nitrogens with one attached hydrogen (secondary N) is 1. The second kappa shape index (κ2) is 6.50. The topological polar surface area (TPSA) is 59.3 Å². The molecule has 1 heterocycles. The Kier molecular flexibility index (Phi) is 5.28. The van der Waals surface area contributed by atoms with E-state index >= 15 is 0 Å². The molecule has 0 amide bonds. The number of anilines is 1. The number of aromatic nitrogens is 2. The lowest BCUT2D eigenvalue weighted by atomic mass is 10.3. The van der Waals surface area contributed by atoms with E-state index in [0.29, 0.717) is 19.8 Å². The first-order valence-corrected chi connectivity index (χ1v) is 5.69. The number of rotatable bonds is 7. The molecule has 0 aliphatic heterocycles. The third kappa shape index (κ3) is 3.83. The van der Waals surface area contributed by atoms with Crippen LogP contribution in [0.4, 0.5) is 5.69 Å². The van der Waals surface area contributed by atoms with E-state index in [9.17, 15) is 5.11 Å². The highest BCUT2D eigenvalue weighted by molar-refractivity contribution is 5.46. The fourth-order valence-corrected chi connectivity index (χ4v) is 1.48. The largest absolute Gasteiger partial charge is 0.389 e. The number of aryl methyl sites for hydroxylation is 2. The second-order valence-electron chi connectivity index (χ2n) is 3.71. The van der Waals surface area contributed by atoms with Crippen molar-refractivity contribution in [3.8, 4) is 0 Å². The van der Waals surface area contributed by atoms with E-state index in [4.69, 9.17) is 4.74 Å². The molecule has 0 aliphatic rings. The van der Waals surface area contributed by atoms with E-state index in [-0.39, 0.29) is 0 Å². The lowest BCUT2D eigenvalue weighted by molar-refractivity contribution is 0.0496. The Morgan fingerprint density at radius 1 is 1.56 bits per heavy atom. The normalized spacial score (nSPS) is 12.8. The highest BCUT2D eigenvalue weighted by atomic mass is 16.5. The van der Waals surface area contributed by atoms with E-state index < -0.39 is 6.10 Å². The van der Waals surface area contributed by atoms with Crippen LogP contribution in [0.25, 0.3) is 0 Å². The van der Waals surface area contributed by atoms with E-state index in [1.807, 2.05) is 20.2 Å². The van der Waals surface area contributed by atoms with E-state index in [1.54, 1.807) is 4.68 Å². The number of ether oxygens (including phenoxy) is 1. The molecule has 0 aromatic carbocycles. The van der Waals surface area contributed by atoms with E-state index in [2.05, 4.69) is 17.3 Å². The fourth-order valence-electron chi connectivity index (χ4n) is 1.48. The van der Waals surface area contributed by atoms with Crippen LogP contribution in [0, 0.1) is 0 Å². The van der Waals surface area contributed by atoms with Crippen LogP contribution in [-0.2, 0) is 18.2 Å². The zero-order valence-corrected chi connectivity index (χ0v) is 10.2. The van der Waals surface area contributed by atoms with Crippen molar-refractivity contribution in [1.82, 2.24) is 9.78 Å². The first-order chi connectivity index (χ1) is 7.67. The molecule has 1 atom stereocenters. The van der Waals surface area contributed by atoms with Crippen LogP contribution < -0.4 is 5.32 Å². The standard InChI is InChI=1S/C11H21N3O2/c1-4-10-11(7-14(3)13-10)12-6-9(15)8-16-5-2/h7,9,12,15H,4-6,8H2,1-3H3.